The van der Waals surface area contributed by atoms with Crippen LogP contribution >= 0.6 is 0 Å². The van der Waals surface area contributed by atoms with Crippen LogP contribution < -0.4 is 0 Å². The molecule has 1 aromatic carbocycles. The lowest BCUT2D eigenvalue weighted by Gasteiger charge is -2.25. The van der Waals surface area contributed by atoms with Crippen LogP contribution in [0.4, 0.5) is 5.69 Å². The van der Waals surface area contributed by atoms with Gasteiger partial charge in [0.25, 0.3) is 11.6 Å². The molecule has 1 amide bonds. The van der Waals surface area contributed by atoms with Gasteiger partial charge in [0.2, 0.25) is 0 Å². The normalized spacial score (nSPS) is 14.2. The van der Waals surface area contributed by atoms with E-state index in [1.807, 2.05) is 0 Å². The van der Waals surface area contributed by atoms with E-state index >= 15 is 0 Å². The minimum atomic E-state index is -0.567. The van der Waals surface area contributed by atoms with Gasteiger partial charge in [0, 0.05) is 32.0 Å². The molecule has 6 heteroatoms. The Labute approximate surface area is 116 Å². The summed E-state index contributed by atoms with van der Waals surface area (Å²) >= 11 is 0. The van der Waals surface area contributed by atoms with Gasteiger partial charge in [-0.1, -0.05) is 12.1 Å². The SMILES string of the molecule is C=C.O=C1CCN(C(=O)c2ccccc2[N+](=O)[O-])CC1. The smallest absolute Gasteiger partial charge is 0.282 e. The maximum atomic E-state index is 12.1. The maximum absolute atomic E-state index is 12.1. The van der Waals surface area contributed by atoms with Gasteiger partial charge in [-0.25, -0.2) is 0 Å². The number of nitrogens with zero attached hydrogens (tertiary/aromatic N) is 2. The Kier molecular flexibility index (Phi) is 5.58. The molecule has 1 fully saturated rings. The Morgan fingerprint density at radius 2 is 1.75 bits per heavy atom. The summed E-state index contributed by atoms with van der Waals surface area (Å²) in [5.41, 5.74) is -0.115. The van der Waals surface area contributed by atoms with Crippen LogP contribution in [0.5, 0.6) is 0 Å². The highest BCUT2D eigenvalue weighted by Gasteiger charge is 2.26. The largest absolute Gasteiger partial charge is 0.338 e. The quantitative estimate of drug-likeness (QED) is 0.471. The molecule has 20 heavy (non-hydrogen) atoms. The Morgan fingerprint density at radius 3 is 2.30 bits per heavy atom. The zero-order valence-corrected chi connectivity index (χ0v) is 11.1. The van der Waals surface area contributed by atoms with E-state index in [2.05, 4.69) is 13.2 Å². The number of carbonyl (C=O) groups excluding carboxylic acids is 2. The van der Waals surface area contributed by atoms with Gasteiger partial charge in [-0.05, 0) is 6.07 Å². The second-order valence-electron chi connectivity index (χ2n) is 4.11. The number of ketones is 1. The van der Waals surface area contributed by atoms with Crippen LogP contribution in [0.25, 0.3) is 0 Å². The second kappa shape index (κ2) is 7.18. The lowest BCUT2D eigenvalue weighted by atomic mass is 10.1. The predicted octanol–water partition coefficient (Wildman–Crippen LogP) is 2.20. The number of nitro groups is 1. The summed E-state index contributed by atoms with van der Waals surface area (Å²) in [4.78, 5) is 35.0. The first kappa shape index (κ1) is 15.6. The summed E-state index contributed by atoms with van der Waals surface area (Å²) < 4.78 is 0. The number of likely N-dealkylation sites (tertiary alicyclic amines) is 1. The van der Waals surface area contributed by atoms with Crippen LogP contribution in [0.3, 0.4) is 0 Å². The highest BCUT2D eigenvalue weighted by molar-refractivity contribution is 5.99. The molecule has 106 valence electrons. The van der Waals surface area contributed by atoms with Gasteiger partial charge in [-0.15, -0.1) is 13.2 Å². The Balaban J connectivity index is 0.000000956. The molecule has 0 saturated carbocycles. The number of rotatable bonds is 2. The van der Waals surface area contributed by atoms with Crippen LogP contribution in [-0.2, 0) is 4.79 Å². The van der Waals surface area contributed by atoms with Gasteiger partial charge in [0.15, 0.2) is 0 Å². The van der Waals surface area contributed by atoms with Crippen LogP contribution in [0, 0.1) is 10.1 Å². The molecule has 6 nitrogen and oxygen atoms in total. The molecular formula is C14H16N2O4. The van der Waals surface area contributed by atoms with E-state index in [1.165, 1.54) is 23.1 Å². The third-order valence-electron chi connectivity index (χ3n) is 2.94. The number of hydrogen-bond donors (Lipinski definition) is 0. The minimum absolute atomic E-state index is 0.0804. The summed E-state index contributed by atoms with van der Waals surface area (Å²) in [6.07, 6.45) is 0.652. The van der Waals surface area contributed by atoms with Gasteiger partial charge in [0.1, 0.15) is 11.3 Å². The fourth-order valence-corrected chi connectivity index (χ4v) is 1.94. The summed E-state index contributed by atoms with van der Waals surface area (Å²) in [5, 5.41) is 10.8. The molecule has 0 aromatic heterocycles. The van der Waals surface area contributed by atoms with Crippen molar-refractivity contribution in [2.24, 2.45) is 0 Å². The average Bonchev–Trinajstić information content (AvgIpc) is 2.49. The average molecular weight is 276 g/mol. The van der Waals surface area contributed by atoms with E-state index < -0.39 is 4.92 Å². The van der Waals surface area contributed by atoms with Crippen LogP contribution in [0.2, 0.25) is 0 Å². The van der Waals surface area contributed by atoms with Gasteiger partial charge in [-0.3, -0.25) is 19.7 Å². The van der Waals surface area contributed by atoms with Gasteiger partial charge < -0.3 is 4.90 Å². The number of carbonyl (C=O) groups is 2. The van der Waals surface area contributed by atoms with Crippen molar-refractivity contribution in [3.63, 3.8) is 0 Å². The third-order valence-corrected chi connectivity index (χ3v) is 2.94. The van der Waals surface area contributed by atoms with Crippen molar-refractivity contribution in [3.8, 4) is 0 Å². The molecule has 0 aliphatic carbocycles. The van der Waals surface area contributed by atoms with Crippen molar-refractivity contribution < 1.29 is 14.5 Å². The van der Waals surface area contributed by atoms with Crippen molar-refractivity contribution in [2.75, 3.05) is 13.1 Å². The molecule has 1 heterocycles. The standard InChI is InChI=1S/C12H12N2O4.C2H4/c15-9-5-7-13(8-6-9)12(16)10-3-1-2-4-11(10)14(17)18;1-2/h1-4H,5-8H2;1-2H2. The van der Waals surface area contributed by atoms with Crippen molar-refractivity contribution in [3.05, 3.63) is 53.1 Å². The Morgan fingerprint density at radius 1 is 1.20 bits per heavy atom. The van der Waals surface area contributed by atoms with E-state index in [9.17, 15) is 19.7 Å². The number of amides is 1. The molecule has 2 rings (SSSR count). The van der Waals surface area contributed by atoms with E-state index in [4.69, 9.17) is 0 Å². The molecule has 0 N–H and O–H groups in total. The zero-order chi connectivity index (χ0) is 15.1. The van der Waals surface area contributed by atoms with Gasteiger partial charge in [-0.2, -0.15) is 0 Å². The number of nitro benzene ring substituents is 1. The Hall–Kier alpha value is -2.50. The first-order valence-electron chi connectivity index (χ1n) is 6.14. The predicted molar refractivity (Wildman–Crippen MR) is 74.5 cm³/mol. The van der Waals surface area contributed by atoms with Gasteiger partial charge >= 0.3 is 0 Å². The molecule has 0 radical (unpaired) electrons. The van der Waals surface area contributed by atoms with Gasteiger partial charge in [0.05, 0.1) is 4.92 Å². The number of benzene rings is 1. The van der Waals surface area contributed by atoms with Crippen LogP contribution in [0.1, 0.15) is 23.2 Å². The molecule has 1 aliphatic rings. The lowest BCUT2D eigenvalue weighted by molar-refractivity contribution is -0.385. The molecular weight excluding hydrogens is 260 g/mol. The molecule has 1 aromatic rings. The van der Waals surface area contributed by atoms with E-state index in [0.717, 1.165) is 0 Å². The molecule has 0 atom stereocenters. The summed E-state index contributed by atoms with van der Waals surface area (Å²) in [6.45, 7) is 6.67. The monoisotopic (exact) mass is 276 g/mol. The zero-order valence-electron chi connectivity index (χ0n) is 11.1. The highest BCUT2D eigenvalue weighted by Crippen LogP contribution is 2.20. The van der Waals surface area contributed by atoms with E-state index in [-0.39, 0.29) is 22.9 Å². The first-order valence-corrected chi connectivity index (χ1v) is 6.14. The molecule has 0 spiro atoms. The highest BCUT2D eigenvalue weighted by atomic mass is 16.6. The minimum Gasteiger partial charge on any atom is -0.338 e. The summed E-state index contributed by atoms with van der Waals surface area (Å²) in [6, 6.07) is 5.86. The molecule has 0 bridgehead atoms. The number of Topliss-reactive ketones (excluding diaryl/α,β-unsaturated/α-hetero) is 1. The van der Waals surface area contributed by atoms with E-state index in [1.54, 1.807) is 6.07 Å². The van der Waals surface area contributed by atoms with Crippen LogP contribution in [0.15, 0.2) is 37.4 Å². The topological polar surface area (TPSA) is 80.5 Å². The molecule has 0 unspecified atom stereocenters. The number of para-hydroxylation sites is 1. The number of hydrogen-bond acceptors (Lipinski definition) is 4. The van der Waals surface area contributed by atoms with Crippen molar-refractivity contribution in [2.45, 2.75) is 12.8 Å². The Bertz CT molecular complexity index is 518. The van der Waals surface area contributed by atoms with Crippen molar-refractivity contribution >= 4 is 17.4 Å². The fraction of sp³-hybridized carbons (Fsp3) is 0.286. The van der Waals surface area contributed by atoms with Crippen molar-refractivity contribution in [1.82, 2.24) is 4.90 Å². The van der Waals surface area contributed by atoms with Crippen molar-refractivity contribution in [1.29, 1.82) is 0 Å². The lowest BCUT2D eigenvalue weighted by Crippen LogP contribution is -2.38. The maximum Gasteiger partial charge on any atom is 0.282 e. The number of piperidine rings is 1. The molecule has 1 saturated heterocycles. The first-order chi connectivity index (χ1) is 9.59. The van der Waals surface area contributed by atoms with Crippen LogP contribution in [-0.4, -0.2) is 34.6 Å². The second-order valence-corrected chi connectivity index (χ2v) is 4.11. The fourth-order valence-electron chi connectivity index (χ4n) is 1.94. The third kappa shape index (κ3) is 3.50. The summed E-state index contributed by atoms with van der Waals surface area (Å²) in [5.74, 6) is -0.253. The molecule has 1 aliphatic heterocycles. The van der Waals surface area contributed by atoms with E-state index in [0.29, 0.717) is 25.9 Å². The summed E-state index contributed by atoms with van der Waals surface area (Å²) in [7, 11) is 0.